The Labute approximate surface area is 273 Å². The average Bonchev–Trinajstić information content (AvgIpc) is 3.68. The van der Waals surface area contributed by atoms with Crippen LogP contribution in [0.4, 0.5) is 13.2 Å². The molecule has 0 saturated heterocycles. The van der Waals surface area contributed by atoms with Crippen LogP contribution in [-0.4, -0.2) is 26.4 Å². The molecule has 0 atom stereocenters. The summed E-state index contributed by atoms with van der Waals surface area (Å²) in [6.07, 6.45) is 1.37. The van der Waals surface area contributed by atoms with Crippen LogP contribution in [0, 0.1) is 0 Å². The fourth-order valence-electron chi connectivity index (χ4n) is 5.01. The lowest BCUT2D eigenvalue weighted by Crippen LogP contribution is -2.04. The molecule has 0 radical (unpaired) electrons. The van der Waals surface area contributed by atoms with Gasteiger partial charge in [-0.25, -0.2) is 4.98 Å². The molecule has 0 saturated carbocycles. The van der Waals surface area contributed by atoms with E-state index in [1.807, 2.05) is 78.4 Å². The molecule has 6 rings (SSSR count). The van der Waals surface area contributed by atoms with Crippen LogP contribution in [0.5, 0.6) is 5.88 Å². The SMILES string of the molecule is CCOc1cc(-c2ccc(Cn3cc(-c4ccc(Cl)cc4Cl)nc3C=Cc3ccc(-c4cccc(C(F)(F)F)c4)cc3)cc2)[nH]n1. The summed E-state index contributed by atoms with van der Waals surface area (Å²) in [5.74, 6) is 1.25. The third-order valence-corrected chi connectivity index (χ3v) is 7.89. The summed E-state index contributed by atoms with van der Waals surface area (Å²) in [5.41, 5.74) is 5.73. The summed E-state index contributed by atoms with van der Waals surface area (Å²) < 4.78 is 47.1. The van der Waals surface area contributed by atoms with Crippen molar-refractivity contribution in [2.45, 2.75) is 19.6 Å². The van der Waals surface area contributed by atoms with Gasteiger partial charge in [0.15, 0.2) is 0 Å². The van der Waals surface area contributed by atoms with Crippen molar-refractivity contribution in [3.63, 3.8) is 0 Å². The highest BCUT2D eigenvalue weighted by atomic mass is 35.5. The third kappa shape index (κ3) is 7.19. The number of imidazole rings is 1. The van der Waals surface area contributed by atoms with Gasteiger partial charge in [-0.2, -0.15) is 13.2 Å². The van der Waals surface area contributed by atoms with E-state index in [1.165, 1.54) is 6.07 Å². The molecule has 1 N–H and O–H groups in total. The fraction of sp³-hybridized carbons (Fsp3) is 0.111. The Morgan fingerprint density at radius 1 is 0.848 bits per heavy atom. The van der Waals surface area contributed by atoms with E-state index in [-0.39, 0.29) is 0 Å². The lowest BCUT2D eigenvalue weighted by atomic mass is 10.0. The minimum Gasteiger partial charge on any atom is -0.477 e. The molecule has 2 aromatic heterocycles. The lowest BCUT2D eigenvalue weighted by molar-refractivity contribution is -0.137. The van der Waals surface area contributed by atoms with Crippen LogP contribution >= 0.6 is 23.2 Å². The standard InChI is InChI=1S/C36H27Cl2F3N4O/c1-2-46-35-20-32(43-44-35)26-13-8-24(9-14-26)21-45-22-33(30-16-15-29(37)19-31(30)38)42-34(45)17-10-23-6-11-25(12-7-23)27-4-3-5-28(18-27)36(39,40)41/h3-20,22H,2,21H2,1H3,(H,43,44). The highest BCUT2D eigenvalue weighted by molar-refractivity contribution is 6.36. The topological polar surface area (TPSA) is 55.7 Å². The zero-order chi connectivity index (χ0) is 32.3. The minimum atomic E-state index is -4.40. The van der Waals surface area contributed by atoms with Gasteiger partial charge in [0, 0.05) is 29.4 Å². The fourth-order valence-corrected chi connectivity index (χ4v) is 5.51. The number of halogens is 5. The minimum absolute atomic E-state index is 0.494. The number of benzene rings is 4. The predicted molar refractivity (Wildman–Crippen MR) is 178 cm³/mol. The van der Waals surface area contributed by atoms with Crippen molar-refractivity contribution < 1.29 is 17.9 Å². The molecule has 0 aliphatic heterocycles. The van der Waals surface area contributed by atoms with E-state index in [4.69, 9.17) is 32.9 Å². The average molecular weight is 660 g/mol. The van der Waals surface area contributed by atoms with E-state index in [1.54, 1.807) is 30.3 Å². The Hall–Kier alpha value is -4.79. The van der Waals surface area contributed by atoms with Crippen LogP contribution < -0.4 is 4.74 Å². The van der Waals surface area contributed by atoms with Crippen molar-refractivity contribution in [1.82, 2.24) is 19.7 Å². The largest absolute Gasteiger partial charge is 0.477 e. The summed E-state index contributed by atoms with van der Waals surface area (Å²) in [7, 11) is 0. The summed E-state index contributed by atoms with van der Waals surface area (Å²) in [6, 6.07) is 27.9. The molecule has 0 unspecified atom stereocenters. The van der Waals surface area contributed by atoms with Gasteiger partial charge in [-0.1, -0.05) is 89.9 Å². The molecule has 46 heavy (non-hydrogen) atoms. The highest BCUT2D eigenvalue weighted by Gasteiger charge is 2.30. The van der Waals surface area contributed by atoms with E-state index in [9.17, 15) is 13.2 Å². The van der Waals surface area contributed by atoms with Crippen molar-refractivity contribution in [3.8, 4) is 39.5 Å². The second-order valence-electron chi connectivity index (χ2n) is 10.5. The quantitative estimate of drug-likeness (QED) is 0.168. The van der Waals surface area contributed by atoms with Crippen molar-refractivity contribution in [2.24, 2.45) is 0 Å². The van der Waals surface area contributed by atoms with E-state index < -0.39 is 11.7 Å². The predicted octanol–water partition coefficient (Wildman–Crippen LogP) is 10.6. The summed E-state index contributed by atoms with van der Waals surface area (Å²) >= 11 is 12.7. The molecule has 0 fully saturated rings. The monoisotopic (exact) mass is 658 g/mol. The first-order chi connectivity index (χ1) is 22.2. The maximum atomic E-state index is 13.2. The zero-order valence-electron chi connectivity index (χ0n) is 24.5. The smallest absolute Gasteiger partial charge is 0.416 e. The first-order valence-electron chi connectivity index (χ1n) is 14.4. The van der Waals surface area contributed by atoms with E-state index >= 15 is 0 Å². The second-order valence-corrected chi connectivity index (χ2v) is 11.4. The molecule has 232 valence electrons. The van der Waals surface area contributed by atoms with Gasteiger partial charge in [-0.05, 0) is 71.1 Å². The molecule has 0 bridgehead atoms. The number of aromatic nitrogens is 4. The molecule has 0 amide bonds. The number of hydrogen-bond donors (Lipinski definition) is 1. The van der Waals surface area contributed by atoms with Gasteiger partial charge in [0.2, 0.25) is 5.88 Å². The molecular weight excluding hydrogens is 632 g/mol. The van der Waals surface area contributed by atoms with Crippen molar-refractivity contribution >= 4 is 35.4 Å². The number of nitrogens with zero attached hydrogens (tertiary/aromatic N) is 3. The summed E-state index contributed by atoms with van der Waals surface area (Å²) in [4.78, 5) is 4.88. The Bertz CT molecular complexity index is 2000. The van der Waals surface area contributed by atoms with E-state index in [0.717, 1.165) is 40.1 Å². The summed E-state index contributed by atoms with van der Waals surface area (Å²) in [5, 5.41) is 8.21. The third-order valence-electron chi connectivity index (χ3n) is 7.34. The maximum absolute atomic E-state index is 13.2. The maximum Gasteiger partial charge on any atom is 0.416 e. The van der Waals surface area contributed by atoms with Crippen LogP contribution in [0.15, 0.2) is 103 Å². The number of nitrogens with one attached hydrogen (secondary N) is 1. The molecule has 10 heteroatoms. The molecule has 5 nitrogen and oxygen atoms in total. The molecule has 0 spiro atoms. The normalized spacial score (nSPS) is 11.8. The number of alkyl halides is 3. The molecule has 0 aliphatic rings. The van der Waals surface area contributed by atoms with Gasteiger partial charge in [-0.3, -0.25) is 5.10 Å². The van der Waals surface area contributed by atoms with Gasteiger partial charge in [0.1, 0.15) is 5.82 Å². The Morgan fingerprint density at radius 3 is 2.33 bits per heavy atom. The van der Waals surface area contributed by atoms with Crippen LogP contribution in [-0.2, 0) is 12.7 Å². The Kier molecular flexibility index (Phi) is 9.01. The van der Waals surface area contributed by atoms with Gasteiger partial charge < -0.3 is 9.30 Å². The van der Waals surface area contributed by atoms with Crippen molar-refractivity contribution in [1.29, 1.82) is 0 Å². The first kappa shape index (κ1) is 31.2. The number of aromatic amines is 1. The number of H-pyrrole nitrogens is 1. The van der Waals surface area contributed by atoms with E-state index in [2.05, 4.69) is 10.2 Å². The zero-order valence-corrected chi connectivity index (χ0v) is 26.0. The number of rotatable bonds is 9. The van der Waals surface area contributed by atoms with Crippen molar-refractivity contribution in [2.75, 3.05) is 6.61 Å². The first-order valence-corrected chi connectivity index (χ1v) is 15.2. The van der Waals surface area contributed by atoms with Gasteiger partial charge in [0.25, 0.3) is 0 Å². The van der Waals surface area contributed by atoms with E-state index in [0.29, 0.717) is 51.7 Å². The lowest BCUT2D eigenvalue weighted by Gasteiger charge is -2.09. The van der Waals surface area contributed by atoms with Gasteiger partial charge in [0.05, 0.1) is 28.6 Å². The van der Waals surface area contributed by atoms with Crippen LogP contribution in [0.3, 0.4) is 0 Å². The van der Waals surface area contributed by atoms with Crippen molar-refractivity contribution in [3.05, 3.63) is 136 Å². The number of hydrogen-bond acceptors (Lipinski definition) is 3. The Balaban J connectivity index is 1.27. The highest BCUT2D eigenvalue weighted by Crippen LogP contribution is 2.33. The summed E-state index contributed by atoms with van der Waals surface area (Å²) in [6.45, 7) is 2.99. The molecule has 2 heterocycles. The second kappa shape index (κ2) is 13.3. The molecule has 6 aromatic rings. The van der Waals surface area contributed by atoms with Gasteiger partial charge >= 0.3 is 6.18 Å². The Morgan fingerprint density at radius 2 is 1.61 bits per heavy atom. The molecule has 0 aliphatic carbocycles. The molecule has 4 aromatic carbocycles. The number of ether oxygens (including phenoxy) is 1. The molecular formula is C36H27Cl2F3N4O. The van der Waals surface area contributed by atoms with Crippen LogP contribution in [0.2, 0.25) is 10.0 Å². The van der Waals surface area contributed by atoms with Crippen LogP contribution in [0.1, 0.15) is 29.4 Å². The van der Waals surface area contributed by atoms with Crippen LogP contribution in [0.25, 0.3) is 45.8 Å². The van der Waals surface area contributed by atoms with Gasteiger partial charge in [-0.15, -0.1) is 5.10 Å².